The van der Waals surface area contributed by atoms with Crippen molar-refractivity contribution in [3.8, 4) is 0 Å². The number of rotatable bonds is 0. The van der Waals surface area contributed by atoms with Gasteiger partial charge in [-0.3, -0.25) is 0 Å². The average Bonchev–Trinajstić information content (AvgIpc) is 1.75. The van der Waals surface area contributed by atoms with Crippen LogP contribution in [0, 0.1) is 0 Å². The van der Waals surface area contributed by atoms with E-state index >= 15 is 0 Å². The molecule has 4 heavy (non-hydrogen) atoms. The summed E-state index contributed by atoms with van der Waals surface area (Å²) < 4.78 is 0. The summed E-state index contributed by atoms with van der Waals surface area (Å²) in [7, 11) is 3.42. The van der Waals surface area contributed by atoms with Crippen molar-refractivity contribution >= 4 is 9.24 Å². The lowest BCUT2D eigenvalue weighted by atomic mass is 11.0. The lowest BCUT2D eigenvalue weighted by molar-refractivity contribution is 1.50. The van der Waals surface area contributed by atoms with Crippen molar-refractivity contribution in [2.24, 2.45) is 0 Å². The molecule has 0 aromatic carbocycles. The van der Waals surface area contributed by atoms with E-state index in [-0.39, 0.29) is 0 Å². The molecule has 0 saturated heterocycles. The average molecular weight is 73.1 g/mol. The molecule has 0 N–H and O–H groups in total. The van der Waals surface area contributed by atoms with Crippen LogP contribution in [0.5, 0.6) is 0 Å². The van der Waals surface area contributed by atoms with Gasteiger partial charge in [-0.25, -0.2) is 0 Å². The van der Waals surface area contributed by atoms with E-state index in [1.54, 1.807) is 0 Å². The second-order valence-electron chi connectivity index (χ2n) is 1.27. The summed E-state index contributed by atoms with van der Waals surface area (Å²) in [5.74, 6) is 0. The molecule has 1 radical (unpaired) electrons. The monoisotopic (exact) mass is 73.0 g/mol. The maximum atomic E-state index is 3.42. The Morgan fingerprint density at radius 2 is 1.75 bits per heavy atom. The summed E-state index contributed by atoms with van der Waals surface area (Å²) in [6, 6.07) is 0. The minimum absolute atomic E-state index is 0.889. The van der Waals surface area contributed by atoms with Crippen LogP contribution >= 0.6 is 9.24 Å². The lowest BCUT2D eigenvalue weighted by Crippen LogP contribution is -1.42. The van der Waals surface area contributed by atoms with Crippen molar-refractivity contribution in [2.75, 3.05) is 0 Å². The van der Waals surface area contributed by atoms with Crippen LogP contribution in [0.3, 0.4) is 0 Å². The third-order valence-corrected chi connectivity index (χ3v) is 1.15. The maximum absolute atomic E-state index is 3.42. The summed E-state index contributed by atoms with van der Waals surface area (Å²) >= 11 is 0. The van der Waals surface area contributed by atoms with Gasteiger partial charge in [0.1, 0.15) is 0 Å². The fraction of sp³-hybridized carbons (Fsp3) is 1.00. The molecule has 1 heteroatoms. The molecule has 0 nitrogen and oxygen atoms in total. The van der Waals surface area contributed by atoms with E-state index in [0.29, 0.717) is 0 Å². The van der Waals surface area contributed by atoms with Crippen molar-refractivity contribution in [3.63, 3.8) is 0 Å². The van der Waals surface area contributed by atoms with Crippen molar-refractivity contribution < 1.29 is 0 Å². The molecule has 0 spiro atoms. The van der Waals surface area contributed by atoms with Gasteiger partial charge in [0.15, 0.2) is 0 Å². The maximum Gasteiger partial charge on any atom is -0.0200 e. The molecule has 1 aliphatic carbocycles. The summed E-state index contributed by atoms with van der Waals surface area (Å²) in [6.07, 6.45) is 2.80. The van der Waals surface area contributed by atoms with Crippen LogP contribution in [-0.2, 0) is 0 Å². The van der Waals surface area contributed by atoms with Gasteiger partial charge in [-0.2, -0.15) is 0 Å². The first-order valence-electron chi connectivity index (χ1n) is 1.61. The van der Waals surface area contributed by atoms with Crippen LogP contribution in [0.1, 0.15) is 12.8 Å². The van der Waals surface area contributed by atoms with Gasteiger partial charge in [0.2, 0.25) is 0 Å². The molecule has 0 aromatic rings. The molecule has 1 saturated carbocycles. The van der Waals surface area contributed by atoms with Crippen LogP contribution in [0.2, 0.25) is 0 Å². The Hall–Kier alpha value is 0.430. The van der Waals surface area contributed by atoms with Crippen molar-refractivity contribution in [3.05, 3.63) is 0 Å². The van der Waals surface area contributed by atoms with E-state index in [1.165, 1.54) is 12.8 Å². The van der Waals surface area contributed by atoms with E-state index in [9.17, 15) is 0 Å². The normalized spacial score (nSPS) is 26.2. The molecule has 0 amide bonds. The van der Waals surface area contributed by atoms with Crippen LogP contribution in [-0.4, -0.2) is 5.66 Å². The highest BCUT2D eigenvalue weighted by atomic mass is 31.0. The van der Waals surface area contributed by atoms with Gasteiger partial charge >= 0.3 is 0 Å². The predicted molar refractivity (Wildman–Crippen MR) is 21.3 cm³/mol. The molecule has 0 unspecified atom stereocenters. The SMILES string of the molecule is [PH]C1CC1. The fourth-order valence-electron chi connectivity index (χ4n) is 0.0833. The Bertz CT molecular complexity index is 22.5. The molecule has 0 aromatic heterocycles. The van der Waals surface area contributed by atoms with E-state index in [4.69, 9.17) is 0 Å². The van der Waals surface area contributed by atoms with Crippen molar-refractivity contribution in [2.45, 2.75) is 18.5 Å². The molecule has 1 rings (SSSR count). The van der Waals surface area contributed by atoms with Gasteiger partial charge in [0.25, 0.3) is 0 Å². The minimum atomic E-state index is 0.889. The minimum Gasteiger partial charge on any atom is -0.0958 e. The number of hydrogen-bond acceptors (Lipinski definition) is 0. The summed E-state index contributed by atoms with van der Waals surface area (Å²) in [6.45, 7) is 0. The molecular formula is C3H6P. The van der Waals surface area contributed by atoms with Crippen LogP contribution in [0.15, 0.2) is 0 Å². The second kappa shape index (κ2) is 0.687. The first-order valence-corrected chi connectivity index (χ1v) is 2.18. The van der Waals surface area contributed by atoms with Gasteiger partial charge in [-0.05, 0) is 18.5 Å². The van der Waals surface area contributed by atoms with Crippen LogP contribution in [0.4, 0.5) is 0 Å². The van der Waals surface area contributed by atoms with E-state index < -0.39 is 0 Å². The Morgan fingerprint density at radius 1 is 1.50 bits per heavy atom. The molecule has 23 valence electrons. The standard InChI is InChI=1S/C3H6P/c4-3-1-2-3/h3-4H,1-2H2. The molecule has 0 aliphatic heterocycles. The van der Waals surface area contributed by atoms with Gasteiger partial charge in [0, 0.05) is 0 Å². The predicted octanol–water partition coefficient (Wildman–Crippen LogP) is 1.29. The Balaban J connectivity index is 2.17. The Morgan fingerprint density at radius 3 is 1.75 bits per heavy atom. The highest BCUT2D eigenvalue weighted by Crippen LogP contribution is 2.27. The summed E-state index contributed by atoms with van der Waals surface area (Å²) in [5.41, 5.74) is 0.889. The first kappa shape index (κ1) is 2.66. The zero-order chi connectivity index (χ0) is 2.99. The van der Waals surface area contributed by atoms with Crippen molar-refractivity contribution in [1.29, 1.82) is 0 Å². The summed E-state index contributed by atoms with van der Waals surface area (Å²) in [5, 5.41) is 0. The molecule has 1 fully saturated rings. The van der Waals surface area contributed by atoms with Crippen LogP contribution < -0.4 is 0 Å². The van der Waals surface area contributed by atoms with E-state index in [1.807, 2.05) is 0 Å². The quantitative estimate of drug-likeness (QED) is 0.379. The van der Waals surface area contributed by atoms with Gasteiger partial charge in [0.05, 0.1) is 0 Å². The van der Waals surface area contributed by atoms with Gasteiger partial charge in [-0.1, -0.05) is 9.24 Å². The Labute approximate surface area is 28.8 Å². The Kier molecular flexibility index (Phi) is 0.456. The molecule has 0 bridgehead atoms. The third kappa shape index (κ3) is 0.422. The zero-order valence-corrected chi connectivity index (χ0v) is 3.49. The fourth-order valence-corrected chi connectivity index (χ4v) is 0.250. The van der Waals surface area contributed by atoms with Gasteiger partial charge < -0.3 is 0 Å². The van der Waals surface area contributed by atoms with E-state index in [0.717, 1.165) is 5.66 Å². The zero-order valence-electron chi connectivity index (χ0n) is 2.49. The summed E-state index contributed by atoms with van der Waals surface area (Å²) in [4.78, 5) is 0. The largest absolute Gasteiger partial charge is 0.0958 e. The third-order valence-electron chi connectivity index (χ3n) is 0.577. The molecule has 1 aliphatic rings. The van der Waals surface area contributed by atoms with E-state index in [2.05, 4.69) is 9.24 Å². The number of hydrogen-bond donors (Lipinski definition) is 0. The smallest absolute Gasteiger partial charge is 0.0200 e. The topological polar surface area (TPSA) is 0 Å². The van der Waals surface area contributed by atoms with Crippen molar-refractivity contribution in [1.82, 2.24) is 0 Å². The molecular weight excluding hydrogens is 67.0 g/mol. The second-order valence-corrected chi connectivity index (χ2v) is 2.09. The van der Waals surface area contributed by atoms with Gasteiger partial charge in [-0.15, -0.1) is 0 Å². The lowest BCUT2D eigenvalue weighted by Gasteiger charge is -1.53. The van der Waals surface area contributed by atoms with Crippen LogP contribution in [0.25, 0.3) is 0 Å². The highest BCUT2D eigenvalue weighted by Gasteiger charge is 2.13. The highest BCUT2D eigenvalue weighted by molar-refractivity contribution is 7.18. The first-order chi connectivity index (χ1) is 1.89. The molecule has 0 heterocycles. The molecule has 0 atom stereocenters.